The molecule has 0 saturated heterocycles. The largest absolute Gasteiger partial charge is 0.361 e. The predicted molar refractivity (Wildman–Crippen MR) is 84.7 cm³/mol. The molecular weight excluding hydrogens is 308 g/mol. The van der Waals surface area contributed by atoms with Gasteiger partial charge in [-0.05, 0) is 22.9 Å². The van der Waals surface area contributed by atoms with Crippen LogP contribution in [0.2, 0.25) is 0 Å². The highest BCUT2D eigenvalue weighted by Crippen LogP contribution is 2.17. The topological polar surface area (TPSA) is 89.9 Å². The number of amides is 1. The van der Waals surface area contributed by atoms with Crippen LogP contribution >= 0.6 is 0 Å². The number of carbonyl (C=O) groups is 1. The lowest BCUT2D eigenvalue weighted by molar-refractivity contribution is -0.134. The summed E-state index contributed by atoms with van der Waals surface area (Å²) in [6, 6.07) is 11.1. The summed E-state index contributed by atoms with van der Waals surface area (Å²) >= 11 is 0. The van der Waals surface area contributed by atoms with Crippen LogP contribution < -0.4 is 0 Å². The second kappa shape index (κ2) is 7.03. The molecule has 1 amide bonds. The molecule has 2 aromatic heterocycles. The zero-order valence-electron chi connectivity index (χ0n) is 13.5. The number of hydrogen-bond acceptors (Lipinski definition) is 6. The lowest BCUT2D eigenvalue weighted by Gasteiger charge is -2.22. The molecule has 3 aromatic rings. The Morgan fingerprint density at radius 2 is 2.12 bits per heavy atom. The van der Waals surface area contributed by atoms with Gasteiger partial charge < -0.3 is 9.42 Å². The van der Waals surface area contributed by atoms with E-state index in [1.54, 1.807) is 11.9 Å². The summed E-state index contributed by atoms with van der Waals surface area (Å²) in [5.74, 6) is 0.624. The minimum atomic E-state index is -0.514. The maximum Gasteiger partial charge on any atom is 0.248 e. The van der Waals surface area contributed by atoms with Gasteiger partial charge in [-0.1, -0.05) is 35.5 Å². The first kappa shape index (κ1) is 15.9. The van der Waals surface area contributed by atoms with Gasteiger partial charge in [0, 0.05) is 19.5 Å². The number of hydrogen-bond donors (Lipinski definition) is 0. The van der Waals surface area contributed by atoms with Gasteiger partial charge in [0.1, 0.15) is 23.8 Å². The van der Waals surface area contributed by atoms with Crippen LogP contribution in [-0.2, 0) is 17.8 Å². The van der Waals surface area contributed by atoms with E-state index in [9.17, 15) is 4.79 Å². The van der Waals surface area contributed by atoms with Gasteiger partial charge in [-0.15, -0.1) is 5.10 Å². The van der Waals surface area contributed by atoms with Crippen LogP contribution in [0.3, 0.4) is 0 Å². The molecule has 0 aliphatic rings. The van der Waals surface area contributed by atoms with Gasteiger partial charge in [-0.25, -0.2) is 4.68 Å². The Balaban J connectivity index is 1.78. The second-order valence-corrected chi connectivity index (χ2v) is 5.62. The highest BCUT2D eigenvalue weighted by atomic mass is 16.5. The molecule has 3 rings (SSSR count). The number of nitrogens with zero attached hydrogens (tertiary/aromatic N) is 6. The molecule has 0 radical (unpaired) electrons. The minimum absolute atomic E-state index is 0.0909. The number of aromatic nitrogens is 5. The van der Waals surface area contributed by atoms with Gasteiger partial charge in [0.2, 0.25) is 5.91 Å². The summed E-state index contributed by atoms with van der Waals surface area (Å²) in [5, 5.41) is 15.1. The molecule has 124 valence electrons. The molecule has 0 spiro atoms. The lowest BCUT2D eigenvalue weighted by atomic mass is 10.1. The quantitative estimate of drug-likeness (QED) is 0.680. The highest BCUT2D eigenvalue weighted by molar-refractivity contribution is 5.80. The van der Waals surface area contributed by atoms with Gasteiger partial charge in [-0.3, -0.25) is 4.79 Å². The van der Waals surface area contributed by atoms with Crippen molar-refractivity contribution in [1.29, 1.82) is 0 Å². The minimum Gasteiger partial charge on any atom is -0.361 e. The van der Waals surface area contributed by atoms with Crippen molar-refractivity contribution in [2.45, 2.75) is 25.9 Å². The first-order valence-electron chi connectivity index (χ1n) is 7.57. The molecule has 0 bridgehead atoms. The van der Waals surface area contributed by atoms with E-state index >= 15 is 0 Å². The molecule has 0 aliphatic carbocycles. The van der Waals surface area contributed by atoms with Crippen LogP contribution in [0.1, 0.15) is 23.1 Å². The van der Waals surface area contributed by atoms with E-state index in [1.165, 1.54) is 11.0 Å². The number of aryl methyl sites for hydroxylation is 1. The Hall–Kier alpha value is -3.03. The van der Waals surface area contributed by atoms with E-state index in [0.29, 0.717) is 24.4 Å². The van der Waals surface area contributed by atoms with Crippen LogP contribution in [0.4, 0.5) is 0 Å². The molecule has 1 atom stereocenters. The third-order valence-corrected chi connectivity index (χ3v) is 3.69. The first-order chi connectivity index (χ1) is 11.6. The molecule has 1 aromatic carbocycles. The van der Waals surface area contributed by atoms with Crippen molar-refractivity contribution >= 4 is 5.91 Å². The number of benzene rings is 1. The molecule has 0 aliphatic heterocycles. The molecular formula is C16H18N6O2. The van der Waals surface area contributed by atoms with Crippen LogP contribution in [0.15, 0.2) is 47.2 Å². The zero-order valence-corrected chi connectivity index (χ0v) is 13.5. The van der Waals surface area contributed by atoms with Crippen molar-refractivity contribution in [2.24, 2.45) is 0 Å². The van der Waals surface area contributed by atoms with Crippen LogP contribution in [0, 0.1) is 6.92 Å². The number of rotatable bonds is 6. The summed E-state index contributed by atoms with van der Waals surface area (Å²) in [7, 11) is 1.73. The van der Waals surface area contributed by atoms with Crippen LogP contribution in [-0.4, -0.2) is 43.2 Å². The summed E-state index contributed by atoms with van der Waals surface area (Å²) in [5.41, 5.74) is 1.75. The number of carbonyl (C=O) groups excluding carboxylic acids is 1. The molecule has 0 saturated carbocycles. The Bertz CT molecular complexity index is 784. The average molecular weight is 326 g/mol. The Labute approximate surface area is 139 Å². The standard InChI is InChI=1S/C16H18N6O2/c1-12-8-14(18-24-12)10-21(2)16(23)15(22-11-17-19-20-22)9-13-6-4-3-5-7-13/h3-8,11,15H,9-10H2,1-2H3. The third kappa shape index (κ3) is 3.65. The highest BCUT2D eigenvalue weighted by Gasteiger charge is 2.26. The van der Waals surface area contributed by atoms with Crippen molar-refractivity contribution in [2.75, 3.05) is 7.05 Å². The Morgan fingerprint density at radius 3 is 2.75 bits per heavy atom. The van der Waals surface area contributed by atoms with Crippen molar-refractivity contribution in [1.82, 2.24) is 30.3 Å². The SMILES string of the molecule is Cc1cc(CN(C)C(=O)C(Cc2ccccc2)n2cnnn2)no1. The number of tetrazole rings is 1. The van der Waals surface area contributed by atoms with Crippen molar-refractivity contribution in [3.8, 4) is 0 Å². The molecule has 24 heavy (non-hydrogen) atoms. The average Bonchev–Trinajstić information content (AvgIpc) is 3.25. The predicted octanol–water partition coefficient (Wildman–Crippen LogP) is 1.41. The molecule has 1 unspecified atom stereocenters. The van der Waals surface area contributed by atoms with Crippen molar-refractivity contribution in [3.63, 3.8) is 0 Å². The molecule has 8 nitrogen and oxygen atoms in total. The smallest absolute Gasteiger partial charge is 0.248 e. The fraction of sp³-hybridized carbons (Fsp3) is 0.312. The van der Waals surface area contributed by atoms with Crippen LogP contribution in [0.5, 0.6) is 0 Å². The van der Waals surface area contributed by atoms with Gasteiger partial charge in [0.25, 0.3) is 0 Å². The van der Waals surface area contributed by atoms with Gasteiger partial charge in [-0.2, -0.15) is 0 Å². The van der Waals surface area contributed by atoms with Gasteiger partial charge in [0.05, 0.1) is 6.54 Å². The summed E-state index contributed by atoms with van der Waals surface area (Å²) < 4.78 is 6.53. The van der Waals surface area contributed by atoms with Crippen molar-refractivity contribution in [3.05, 3.63) is 59.7 Å². The fourth-order valence-electron chi connectivity index (χ4n) is 2.51. The lowest BCUT2D eigenvalue weighted by Crippen LogP contribution is -2.35. The van der Waals surface area contributed by atoms with E-state index in [0.717, 1.165) is 5.56 Å². The second-order valence-electron chi connectivity index (χ2n) is 5.62. The van der Waals surface area contributed by atoms with Crippen molar-refractivity contribution < 1.29 is 9.32 Å². The van der Waals surface area contributed by atoms with Crippen LogP contribution in [0.25, 0.3) is 0 Å². The monoisotopic (exact) mass is 326 g/mol. The van der Waals surface area contributed by atoms with E-state index < -0.39 is 6.04 Å². The molecule has 0 N–H and O–H groups in total. The maximum absolute atomic E-state index is 12.9. The summed E-state index contributed by atoms with van der Waals surface area (Å²) in [6.45, 7) is 2.18. The third-order valence-electron chi connectivity index (χ3n) is 3.69. The fourth-order valence-corrected chi connectivity index (χ4v) is 2.51. The Morgan fingerprint density at radius 1 is 1.33 bits per heavy atom. The van der Waals surface area contributed by atoms with E-state index in [2.05, 4.69) is 20.7 Å². The molecule has 2 heterocycles. The van der Waals surface area contributed by atoms with Gasteiger partial charge in [0.15, 0.2) is 0 Å². The zero-order chi connectivity index (χ0) is 16.9. The number of likely N-dealkylation sites (N-methyl/N-ethyl adjacent to an activating group) is 1. The molecule has 0 fully saturated rings. The molecule has 8 heteroatoms. The summed E-state index contributed by atoms with van der Waals surface area (Å²) in [6.07, 6.45) is 1.96. The van der Waals surface area contributed by atoms with E-state index in [-0.39, 0.29) is 5.91 Å². The first-order valence-corrected chi connectivity index (χ1v) is 7.57. The normalized spacial score (nSPS) is 12.1. The van der Waals surface area contributed by atoms with Gasteiger partial charge >= 0.3 is 0 Å². The van der Waals surface area contributed by atoms with E-state index in [4.69, 9.17) is 4.52 Å². The Kier molecular flexibility index (Phi) is 4.64. The maximum atomic E-state index is 12.9. The van der Waals surface area contributed by atoms with E-state index in [1.807, 2.05) is 43.3 Å². The summed E-state index contributed by atoms with van der Waals surface area (Å²) in [4.78, 5) is 14.5.